The van der Waals surface area contributed by atoms with E-state index in [1.54, 1.807) is 11.3 Å². The molecule has 0 fully saturated rings. The van der Waals surface area contributed by atoms with Crippen LogP contribution in [0.15, 0.2) is 17.1 Å². The topological polar surface area (TPSA) is 93.0 Å². The molecule has 0 atom stereocenters. The molecule has 0 bridgehead atoms. The van der Waals surface area contributed by atoms with Crippen LogP contribution >= 0.6 is 11.3 Å². The minimum atomic E-state index is -0.458. The quantitative estimate of drug-likeness (QED) is 0.603. The lowest BCUT2D eigenvalue weighted by molar-refractivity contribution is -0.383. The second-order valence-electron chi connectivity index (χ2n) is 4.54. The SMILES string of the molecule is CCCNc1ncnc(NCc2cscc2C)c1[N+](=O)[O-]. The van der Waals surface area contributed by atoms with Crippen LogP contribution in [0.5, 0.6) is 0 Å². The van der Waals surface area contributed by atoms with E-state index in [1.165, 1.54) is 6.33 Å². The van der Waals surface area contributed by atoms with Crippen LogP contribution in [0.25, 0.3) is 0 Å². The van der Waals surface area contributed by atoms with E-state index >= 15 is 0 Å². The average Bonchev–Trinajstić information content (AvgIpc) is 2.87. The lowest BCUT2D eigenvalue weighted by Gasteiger charge is -2.09. The monoisotopic (exact) mass is 307 g/mol. The van der Waals surface area contributed by atoms with E-state index in [0.29, 0.717) is 13.1 Å². The molecule has 0 unspecified atom stereocenters. The number of nitrogens with one attached hydrogen (secondary N) is 2. The van der Waals surface area contributed by atoms with E-state index in [0.717, 1.165) is 17.5 Å². The normalized spacial score (nSPS) is 10.4. The summed E-state index contributed by atoms with van der Waals surface area (Å²) in [5.41, 5.74) is 2.16. The van der Waals surface area contributed by atoms with E-state index in [9.17, 15) is 10.1 Å². The number of aromatic nitrogens is 2. The van der Waals surface area contributed by atoms with Gasteiger partial charge in [0.15, 0.2) is 0 Å². The smallest absolute Gasteiger partial charge is 0.353 e. The molecule has 0 aromatic carbocycles. The van der Waals surface area contributed by atoms with Crippen LogP contribution in [-0.2, 0) is 6.54 Å². The molecule has 8 heteroatoms. The van der Waals surface area contributed by atoms with E-state index in [4.69, 9.17) is 0 Å². The first-order chi connectivity index (χ1) is 10.1. The van der Waals surface area contributed by atoms with Crippen LogP contribution in [0.1, 0.15) is 24.5 Å². The number of hydrogen-bond acceptors (Lipinski definition) is 7. The molecule has 21 heavy (non-hydrogen) atoms. The Morgan fingerprint density at radius 3 is 2.57 bits per heavy atom. The van der Waals surface area contributed by atoms with Crippen molar-refractivity contribution in [2.24, 2.45) is 0 Å². The molecular weight excluding hydrogens is 290 g/mol. The second-order valence-corrected chi connectivity index (χ2v) is 5.28. The number of aryl methyl sites for hydroxylation is 1. The highest BCUT2D eigenvalue weighted by atomic mass is 32.1. The Hall–Kier alpha value is -2.22. The highest BCUT2D eigenvalue weighted by molar-refractivity contribution is 7.08. The van der Waals surface area contributed by atoms with Gasteiger partial charge in [-0.25, -0.2) is 9.97 Å². The van der Waals surface area contributed by atoms with Crippen molar-refractivity contribution in [3.8, 4) is 0 Å². The lowest BCUT2D eigenvalue weighted by atomic mass is 10.2. The number of rotatable bonds is 7. The van der Waals surface area contributed by atoms with Gasteiger partial charge in [-0.05, 0) is 35.2 Å². The molecule has 0 aliphatic carbocycles. The Labute approximate surface area is 126 Å². The molecule has 0 saturated heterocycles. The van der Waals surface area contributed by atoms with Crippen molar-refractivity contribution in [3.05, 3.63) is 38.3 Å². The first-order valence-electron chi connectivity index (χ1n) is 6.62. The highest BCUT2D eigenvalue weighted by Crippen LogP contribution is 2.29. The van der Waals surface area contributed by atoms with Gasteiger partial charge in [0.1, 0.15) is 6.33 Å². The van der Waals surface area contributed by atoms with E-state index < -0.39 is 4.92 Å². The fourth-order valence-electron chi connectivity index (χ4n) is 1.80. The van der Waals surface area contributed by atoms with Crippen LogP contribution in [0.2, 0.25) is 0 Å². The third-order valence-electron chi connectivity index (χ3n) is 2.96. The van der Waals surface area contributed by atoms with Crippen LogP contribution in [0.3, 0.4) is 0 Å². The molecule has 2 N–H and O–H groups in total. The largest absolute Gasteiger partial charge is 0.364 e. The molecule has 2 aromatic heterocycles. The van der Waals surface area contributed by atoms with Crippen molar-refractivity contribution in [1.29, 1.82) is 0 Å². The van der Waals surface area contributed by atoms with Gasteiger partial charge < -0.3 is 10.6 Å². The summed E-state index contributed by atoms with van der Waals surface area (Å²) < 4.78 is 0. The number of hydrogen-bond donors (Lipinski definition) is 2. The Bertz CT molecular complexity index is 629. The Morgan fingerprint density at radius 1 is 1.29 bits per heavy atom. The average molecular weight is 307 g/mol. The Balaban J connectivity index is 2.21. The standard InChI is InChI=1S/C13H17N5O2S/c1-3-4-14-12-11(18(19)20)13(17-8-16-12)15-5-10-7-21-6-9(10)2/h6-8H,3-5H2,1-2H3,(H2,14,15,16,17). The van der Waals surface area contributed by atoms with Gasteiger partial charge in [-0.15, -0.1) is 0 Å². The van der Waals surface area contributed by atoms with Crippen molar-refractivity contribution in [2.75, 3.05) is 17.2 Å². The zero-order chi connectivity index (χ0) is 15.2. The third kappa shape index (κ3) is 3.66. The van der Waals surface area contributed by atoms with E-state index in [-0.39, 0.29) is 17.3 Å². The predicted molar refractivity (Wildman–Crippen MR) is 83.8 cm³/mol. The van der Waals surface area contributed by atoms with Gasteiger partial charge >= 0.3 is 5.69 Å². The van der Waals surface area contributed by atoms with Crippen molar-refractivity contribution in [2.45, 2.75) is 26.8 Å². The summed E-state index contributed by atoms with van der Waals surface area (Å²) in [7, 11) is 0. The van der Waals surface area contributed by atoms with Gasteiger partial charge in [0.25, 0.3) is 0 Å². The van der Waals surface area contributed by atoms with E-state index in [1.807, 2.05) is 24.6 Å². The lowest BCUT2D eigenvalue weighted by Crippen LogP contribution is -2.10. The van der Waals surface area contributed by atoms with Gasteiger partial charge in [-0.3, -0.25) is 10.1 Å². The van der Waals surface area contributed by atoms with Crippen LogP contribution in [0, 0.1) is 17.0 Å². The summed E-state index contributed by atoms with van der Waals surface area (Å²) >= 11 is 1.61. The number of anilines is 2. The van der Waals surface area contributed by atoms with Gasteiger partial charge in [-0.1, -0.05) is 6.92 Å². The second kappa shape index (κ2) is 6.98. The molecule has 2 heterocycles. The fraction of sp³-hybridized carbons (Fsp3) is 0.385. The maximum Gasteiger partial charge on any atom is 0.353 e. The third-order valence-corrected chi connectivity index (χ3v) is 3.87. The van der Waals surface area contributed by atoms with Crippen molar-refractivity contribution in [1.82, 2.24) is 9.97 Å². The van der Waals surface area contributed by atoms with Gasteiger partial charge in [0.05, 0.1) is 4.92 Å². The molecule has 7 nitrogen and oxygen atoms in total. The molecule has 2 rings (SSSR count). The van der Waals surface area contributed by atoms with Gasteiger partial charge in [0.2, 0.25) is 11.6 Å². The molecular formula is C13H17N5O2S. The first-order valence-corrected chi connectivity index (χ1v) is 7.56. The molecule has 0 aliphatic heterocycles. The van der Waals surface area contributed by atoms with Crippen LogP contribution < -0.4 is 10.6 Å². The highest BCUT2D eigenvalue weighted by Gasteiger charge is 2.22. The van der Waals surface area contributed by atoms with Crippen molar-refractivity contribution < 1.29 is 4.92 Å². The molecule has 0 radical (unpaired) electrons. The molecule has 0 spiro atoms. The molecule has 2 aromatic rings. The minimum absolute atomic E-state index is 0.112. The Morgan fingerprint density at radius 2 is 2.00 bits per heavy atom. The molecule has 0 aliphatic rings. The van der Waals surface area contributed by atoms with Crippen molar-refractivity contribution >= 4 is 28.7 Å². The summed E-state index contributed by atoms with van der Waals surface area (Å²) in [4.78, 5) is 18.8. The fourth-order valence-corrected chi connectivity index (χ4v) is 2.66. The predicted octanol–water partition coefficient (Wildman–Crippen LogP) is 3.19. The Kier molecular flexibility index (Phi) is 5.04. The zero-order valence-electron chi connectivity index (χ0n) is 11.9. The number of thiophene rings is 1. The van der Waals surface area contributed by atoms with Gasteiger partial charge in [0, 0.05) is 13.1 Å². The first kappa shape index (κ1) is 15.2. The van der Waals surface area contributed by atoms with E-state index in [2.05, 4.69) is 20.6 Å². The molecule has 0 amide bonds. The van der Waals surface area contributed by atoms with Crippen LogP contribution in [-0.4, -0.2) is 21.4 Å². The zero-order valence-corrected chi connectivity index (χ0v) is 12.7. The van der Waals surface area contributed by atoms with Crippen molar-refractivity contribution in [3.63, 3.8) is 0 Å². The minimum Gasteiger partial charge on any atom is -0.364 e. The maximum absolute atomic E-state index is 11.3. The number of nitrogens with zero attached hydrogens (tertiary/aromatic N) is 3. The number of nitro groups is 1. The maximum atomic E-state index is 11.3. The summed E-state index contributed by atoms with van der Waals surface area (Å²) in [6, 6.07) is 0. The van der Waals surface area contributed by atoms with Gasteiger partial charge in [-0.2, -0.15) is 11.3 Å². The summed E-state index contributed by atoms with van der Waals surface area (Å²) in [5.74, 6) is 0.487. The summed E-state index contributed by atoms with van der Waals surface area (Å²) in [5, 5.41) is 21.3. The van der Waals surface area contributed by atoms with Crippen LogP contribution in [0.4, 0.5) is 17.3 Å². The summed E-state index contributed by atoms with van der Waals surface area (Å²) in [6.45, 7) is 5.12. The summed E-state index contributed by atoms with van der Waals surface area (Å²) in [6.07, 6.45) is 2.19. The molecule has 112 valence electrons. The molecule has 0 saturated carbocycles.